The zero-order valence-electron chi connectivity index (χ0n) is 15.0. The van der Waals surface area contributed by atoms with Gasteiger partial charge in [-0.3, -0.25) is 14.5 Å². The Morgan fingerprint density at radius 2 is 1.66 bits per heavy atom. The number of anilines is 1. The second-order valence-electron chi connectivity index (χ2n) is 6.82. The zero-order chi connectivity index (χ0) is 20.1. The Bertz CT molecular complexity index is 1310. The summed E-state index contributed by atoms with van der Waals surface area (Å²) in [5.74, 6) is -0.271. The highest BCUT2D eigenvalue weighted by Crippen LogP contribution is 2.41. The van der Waals surface area contributed by atoms with Crippen molar-refractivity contribution in [3.63, 3.8) is 0 Å². The number of nitrogens with zero attached hydrogens (tertiary/aromatic N) is 1. The summed E-state index contributed by atoms with van der Waals surface area (Å²) >= 11 is 6.08. The molecule has 1 aromatic heterocycles. The molecule has 1 N–H and O–H groups in total. The summed E-state index contributed by atoms with van der Waals surface area (Å²) in [6, 6.07) is 19.6. The Morgan fingerprint density at radius 3 is 2.38 bits per heavy atom. The van der Waals surface area contributed by atoms with Gasteiger partial charge in [0.15, 0.2) is 5.43 Å². The van der Waals surface area contributed by atoms with E-state index in [4.69, 9.17) is 16.0 Å². The molecule has 0 bridgehead atoms. The SMILES string of the molecule is O=C1c2oc3ccc(Cl)cc3c(=O)c2C(c2ccc(O)cc2)N1c1ccccc1. The molecule has 142 valence electrons. The average molecular weight is 404 g/mol. The van der Waals surface area contributed by atoms with Gasteiger partial charge in [0.05, 0.1) is 17.0 Å². The highest BCUT2D eigenvalue weighted by molar-refractivity contribution is 6.31. The molecule has 0 saturated carbocycles. The van der Waals surface area contributed by atoms with Crippen molar-refractivity contribution in [3.8, 4) is 5.75 Å². The van der Waals surface area contributed by atoms with E-state index in [1.54, 1.807) is 47.4 Å². The van der Waals surface area contributed by atoms with Crippen LogP contribution in [-0.4, -0.2) is 11.0 Å². The molecule has 5 rings (SSSR count). The number of phenols is 1. The van der Waals surface area contributed by atoms with Crippen LogP contribution in [0.3, 0.4) is 0 Å². The molecule has 6 heteroatoms. The predicted octanol–water partition coefficient (Wildman–Crippen LogP) is 4.90. The topological polar surface area (TPSA) is 70.8 Å². The lowest BCUT2D eigenvalue weighted by molar-refractivity contribution is 0.0971. The van der Waals surface area contributed by atoms with Gasteiger partial charge in [-0.1, -0.05) is 41.9 Å². The Morgan fingerprint density at radius 1 is 0.931 bits per heavy atom. The van der Waals surface area contributed by atoms with Crippen molar-refractivity contribution in [3.05, 3.63) is 105 Å². The molecular formula is C23H14ClNO4. The molecule has 0 radical (unpaired) electrons. The van der Waals surface area contributed by atoms with Gasteiger partial charge in [-0.2, -0.15) is 0 Å². The minimum absolute atomic E-state index is 0.0201. The fraction of sp³-hybridized carbons (Fsp3) is 0.0435. The van der Waals surface area contributed by atoms with E-state index in [0.29, 0.717) is 27.2 Å². The molecule has 1 atom stereocenters. The van der Waals surface area contributed by atoms with E-state index in [2.05, 4.69) is 0 Å². The molecule has 0 aliphatic carbocycles. The van der Waals surface area contributed by atoms with Crippen molar-refractivity contribution >= 4 is 34.2 Å². The Kier molecular flexibility index (Phi) is 3.93. The minimum atomic E-state index is -0.680. The Hall–Kier alpha value is -3.57. The summed E-state index contributed by atoms with van der Waals surface area (Å²) in [5.41, 5.74) is 1.61. The van der Waals surface area contributed by atoms with Crippen LogP contribution in [0.1, 0.15) is 27.7 Å². The largest absolute Gasteiger partial charge is 0.508 e. The van der Waals surface area contributed by atoms with Crippen LogP contribution in [0.15, 0.2) is 82.0 Å². The summed E-state index contributed by atoms with van der Waals surface area (Å²) in [6.07, 6.45) is 0. The molecule has 1 unspecified atom stereocenters. The van der Waals surface area contributed by atoms with Crippen molar-refractivity contribution in [2.45, 2.75) is 6.04 Å². The smallest absolute Gasteiger partial charge is 0.295 e. The fourth-order valence-corrected chi connectivity index (χ4v) is 3.94. The van der Waals surface area contributed by atoms with Gasteiger partial charge in [0, 0.05) is 10.7 Å². The first-order chi connectivity index (χ1) is 14.0. The molecular weight excluding hydrogens is 390 g/mol. The molecule has 1 amide bonds. The second-order valence-corrected chi connectivity index (χ2v) is 7.26. The van der Waals surface area contributed by atoms with Gasteiger partial charge in [-0.25, -0.2) is 0 Å². The van der Waals surface area contributed by atoms with E-state index in [1.165, 1.54) is 12.1 Å². The van der Waals surface area contributed by atoms with Crippen LogP contribution in [0, 0.1) is 0 Å². The van der Waals surface area contributed by atoms with Gasteiger partial charge in [0.1, 0.15) is 11.3 Å². The van der Waals surface area contributed by atoms with Crippen LogP contribution in [0.5, 0.6) is 5.75 Å². The van der Waals surface area contributed by atoms with E-state index < -0.39 is 11.9 Å². The highest BCUT2D eigenvalue weighted by Gasteiger charge is 2.43. The molecule has 4 aromatic rings. The normalized spacial score (nSPS) is 15.7. The molecule has 29 heavy (non-hydrogen) atoms. The quantitative estimate of drug-likeness (QED) is 0.516. The zero-order valence-corrected chi connectivity index (χ0v) is 15.8. The molecule has 3 aromatic carbocycles. The third-order valence-electron chi connectivity index (χ3n) is 5.08. The maximum absolute atomic E-state index is 13.4. The lowest BCUT2D eigenvalue weighted by Crippen LogP contribution is -2.29. The van der Waals surface area contributed by atoms with Crippen LogP contribution < -0.4 is 10.3 Å². The number of carbonyl (C=O) groups is 1. The monoisotopic (exact) mass is 403 g/mol. The first-order valence-corrected chi connectivity index (χ1v) is 9.36. The lowest BCUT2D eigenvalue weighted by atomic mass is 9.98. The van der Waals surface area contributed by atoms with Crippen LogP contribution in [0.25, 0.3) is 11.0 Å². The number of carbonyl (C=O) groups excluding carboxylic acids is 1. The number of amides is 1. The maximum atomic E-state index is 13.4. The van der Waals surface area contributed by atoms with Crippen LogP contribution >= 0.6 is 11.6 Å². The summed E-state index contributed by atoms with van der Waals surface area (Å²) in [6.45, 7) is 0. The molecule has 1 aliphatic heterocycles. The minimum Gasteiger partial charge on any atom is -0.508 e. The van der Waals surface area contributed by atoms with Crippen molar-refractivity contribution in [1.82, 2.24) is 0 Å². The summed E-state index contributed by atoms with van der Waals surface area (Å²) in [5, 5.41) is 10.4. The van der Waals surface area contributed by atoms with E-state index in [0.717, 1.165) is 0 Å². The predicted molar refractivity (Wildman–Crippen MR) is 111 cm³/mol. The van der Waals surface area contributed by atoms with E-state index in [-0.39, 0.29) is 22.5 Å². The molecule has 0 saturated heterocycles. The van der Waals surface area contributed by atoms with Crippen LogP contribution in [-0.2, 0) is 0 Å². The van der Waals surface area contributed by atoms with Crippen molar-refractivity contribution in [2.75, 3.05) is 4.90 Å². The maximum Gasteiger partial charge on any atom is 0.295 e. The first-order valence-electron chi connectivity index (χ1n) is 8.98. The van der Waals surface area contributed by atoms with Gasteiger partial charge in [-0.05, 0) is 48.0 Å². The number of rotatable bonds is 2. The van der Waals surface area contributed by atoms with Gasteiger partial charge >= 0.3 is 0 Å². The summed E-state index contributed by atoms with van der Waals surface area (Å²) in [4.78, 5) is 28.3. The summed E-state index contributed by atoms with van der Waals surface area (Å²) in [7, 11) is 0. The third kappa shape index (κ3) is 2.70. The number of phenolic OH excluding ortho intramolecular Hbond substituents is 1. The standard InChI is InChI=1S/C23H14ClNO4/c24-14-8-11-18-17(12-14)21(27)19-20(13-6-9-16(26)10-7-13)25(23(28)22(19)29-18)15-4-2-1-3-5-15/h1-12,20,26H. The number of fused-ring (bicyclic) bond motifs is 2. The average Bonchev–Trinajstić information content (AvgIpc) is 3.03. The molecule has 1 aliphatic rings. The fourth-order valence-electron chi connectivity index (χ4n) is 3.77. The molecule has 5 nitrogen and oxygen atoms in total. The van der Waals surface area contributed by atoms with E-state index in [9.17, 15) is 14.7 Å². The van der Waals surface area contributed by atoms with Gasteiger partial charge in [0.25, 0.3) is 5.91 Å². The number of para-hydroxylation sites is 1. The van der Waals surface area contributed by atoms with Crippen molar-refractivity contribution in [2.24, 2.45) is 0 Å². The Balaban J connectivity index is 1.83. The van der Waals surface area contributed by atoms with Crippen molar-refractivity contribution < 1.29 is 14.3 Å². The molecule has 0 fully saturated rings. The van der Waals surface area contributed by atoms with Crippen molar-refractivity contribution in [1.29, 1.82) is 0 Å². The number of hydrogen-bond donors (Lipinski definition) is 1. The summed E-state index contributed by atoms with van der Waals surface area (Å²) < 4.78 is 5.88. The van der Waals surface area contributed by atoms with Gasteiger partial charge < -0.3 is 9.52 Å². The number of benzene rings is 3. The van der Waals surface area contributed by atoms with Crippen LogP contribution in [0.2, 0.25) is 5.02 Å². The molecule has 0 spiro atoms. The van der Waals surface area contributed by atoms with E-state index >= 15 is 0 Å². The van der Waals surface area contributed by atoms with Gasteiger partial charge in [-0.15, -0.1) is 0 Å². The first kappa shape index (κ1) is 17.5. The van der Waals surface area contributed by atoms with E-state index in [1.807, 2.05) is 18.2 Å². The lowest BCUT2D eigenvalue weighted by Gasteiger charge is -2.25. The number of halogens is 1. The number of hydrogen-bond acceptors (Lipinski definition) is 4. The van der Waals surface area contributed by atoms with Crippen LogP contribution in [0.4, 0.5) is 5.69 Å². The second kappa shape index (κ2) is 6.50. The third-order valence-corrected chi connectivity index (χ3v) is 5.31. The highest BCUT2D eigenvalue weighted by atomic mass is 35.5. The number of aromatic hydroxyl groups is 1. The van der Waals surface area contributed by atoms with Gasteiger partial charge in [0.2, 0.25) is 5.76 Å². The Labute approximate surface area is 170 Å². The molecule has 2 heterocycles.